The Morgan fingerprint density at radius 1 is 1.10 bits per heavy atom. The molecule has 1 saturated heterocycles. The van der Waals surface area contributed by atoms with Gasteiger partial charge >= 0.3 is 12.1 Å². The topological polar surface area (TPSA) is 79.8 Å². The van der Waals surface area contributed by atoms with Crippen molar-refractivity contribution in [2.24, 2.45) is 0 Å². The monoisotopic (exact) mass is 443 g/mol. The fraction of sp³-hybridized carbons (Fsp3) is 0.368. The largest absolute Gasteiger partial charge is 0.465 e. The molecule has 7 nitrogen and oxygen atoms in total. The van der Waals surface area contributed by atoms with Crippen LogP contribution in [-0.2, 0) is 20.9 Å². The Morgan fingerprint density at radius 2 is 1.77 bits per heavy atom. The minimum Gasteiger partial charge on any atom is -0.465 e. The second-order valence-electron chi connectivity index (χ2n) is 6.77. The lowest BCUT2D eigenvalue weighted by Gasteiger charge is -2.35. The Hall–Kier alpha value is -2.66. The van der Waals surface area contributed by atoms with E-state index in [2.05, 4.69) is 9.72 Å². The van der Waals surface area contributed by atoms with Gasteiger partial charge in [0.15, 0.2) is 0 Å². The molecular weight excluding hydrogens is 423 g/mol. The molecule has 0 radical (unpaired) electrons. The molecule has 1 fully saturated rings. The maximum atomic E-state index is 13.0. The van der Waals surface area contributed by atoms with Gasteiger partial charge in [0.25, 0.3) is 0 Å². The van der Waals surface area contributed by atoms with Gasteiger partial charge in [0.2, 0.25) is 10.0 Å². The SMILES string of the molecule is COC(=O)c1ccc(S(=O)(=O)N2CCN(c3ccc(C(F)(F)F)cn3)CC2)c(C)c1. The maximum absolute atomic E-state index is 13.0. The van der Waals surface area contributed by atoms with E-state index in [4.69, 9.17) is 0 Å². The highest BCUT2D eigenvalue weighted by atomic mass is 32.2. The second kappa shape index (κ2) is 8.23. The molecule has 30 heavy (non-hydrogen) atoms. The number of aryl methyl sites for hydroxylation is 1. The molecule has 162 valence electrons. The summed E-state index contributed by atoms with van der Waals surface area (Å²) in [5, 5.41) is 0. The minimum atomic E-state index is -4.46. The molecule has 0 aliphatic carbocycles. The fourth-order valence-corrected chi connectivity index (χ4v) is 4.85. The molecule has 0 saturated carbocycles. The molecule has 0 atom stereocenters. The van der Waals surface area contributed by atoms with E-state index >= 15 is 0 Å². The van der Waals surface area contributed by atoms with Crippen LogP contribution >= 0.6 is 0 Å². The Balaban J connectivity index is 1.72. The quantitative estimate of drug-likeness (QED) is 0.676. The number of ether oxygens (including phenoxy) is 1. The van der Waals surface area contributed by atoms with Crippen LogP contribution < -0.4 is 4.90 Å². The lowest BCUT2D eigenvalue weighted by molar-refractivity contribution is -0.137. The number of carbonyl (C=O) groups excluding carboxylic acids is 1. The molecule has 1 aliphatic rings. The zero-order chi connectivity index (χ0) is 22.1. The van der Waals surface area contributed by atoms with Crippen molar-refractivity contribution in [3.8, 4) is 0 Å². The molecule has 1 aliphatic heterocycles. The zero-order valence-corrected chi connectivity index (χ0v) is 17.1. The third-order valence-corrected chi connectivity index (χ3v) is 6.91. The van der Waals surface area contributed by atoms with E-state index in [0.29, 0.717) is 11.4 Å². The van der Waals surface area contributed by atoms with E-state index in [1.807, 2.05) is 0 Å². The van der Waals surface area contributed by atoms with E-state index in [0.717, 1.165) is 12.3 Å². The third-order valence-electron chi connectivity index (χ3n) is 4.85. The summed E-state index contributed by atoms with van der Waals surface area (Å²) < 4.78 is 70.0. The lowest BCUT2D eigenvalue weighted by atomic mass is 10.1. The number of piperazine rings is 1. The van der Waals surface area contributed by atoms with Crippen LogP contribution in [0, 0.1) is 6.92 Å². The van der Waals surface area contributed by atoms with Gasteiger partial charge in [-0.3, -0.25) is 0 Å². The summed E-state index contributed by atoms with van der Waals surface area (Å²) in [6.45, 7) is 2.49. The first kappa shape index (κ1) is 22.0. The van der Waals surface area contributed by atoms with Gasteiger partial charge in [-0.1, -0.05) is 0 Å². The molecule has 1 aromatic heterocycles. The molecular formula is C19H20F3N3O4S. The maximum Gasteiger partial charge on any atom is 0.417 e. The number of esters is 1. The number of hydrogen-bond donors (Lipinski definition) is 0. The standard InChI is InChI=1S/C19H20F3N3O4S/c1-13-11-14(18(26)29-2)3-5-16(13)30(27,28)25-9-7-24(8-10-25)17-6-4-15(12-23-17)19(20,21)22/h3-6,11-12H,7-10H2,1-2H3. The van der Waals surface area contributed by atoms with Crippen LogP contribution in [0.1, 0.15) is 21.5 Å². The molecule has 0 unspecified atom stereocenters. The number of methoxy groups -OCH3 is 1. The summed E-state index contributed by atoms with van der Waals surface area (Å²) in [7, 11) is -2.54. The van der Waals surface area contributed by atoms with Crippen molar-refractivity contribution >= 4 is 21.8 Å². The van der Waals surface area contributed by atoms with Gasteiger partial charge < -0.3 is 9.64 Å². The van der Waals surface area contributed by atoms with Crippen LogP contribution in [0.5, 0.6) is 0 Å². The average molecular weight is 443 g/mol. The number of rotatable bonds is 4. The summed E-state index contributed by atoms with van der Waals surface area (Å²) in [6, 6.07) is 6.47. The average Bonchev–Trinajstić information content (AvgIpc) is 2.72. The van der Waals surface area contributed by atoms with Crippen molar-refractivity contribution in [2.75, 3.05) is 38.2 Å². The minimum absolute atomic E-state index is 0.0938. The first-order chi connectivity index (χ1) is 14.0. The number of hydrogen-bond acceptors (Lipinski definition) is 6. The van der Waals surface area contributed by atoms with Gasteiger partial charge in [0, 0.05) is 32.4 Å². The number of carbonyl (C=O) groups is 1. The number of anilines is 1. The van der Waals surface area contributed by atoms with Crippen LogP contribution in [0.4, 0.5) is 19.0 Å². The highest BCUT2D eigenvalue weighted by Crippen LogP contribution is 2.30. The first-order valence-electron chi connectivity index (χ1n) is 9.01. The molecule has 2 heterocycles. The number of benzene rings is 1. The number of aromatic nitrogens is 1. The molecule has 0 spiro atoms. The van der Waals surface area contributed by atoms with Crippen molar-refractivity contribution in [1.29, 1.82) is 0 Å². The van der Waals surface area contributed by atoms with Crippen molar-refractivity contribution < 1.29 is 31.1 Å². The van der Waals surface area contributed by atoms with Crippen molar-refractivity contribution in [3.63, 3.8) is 0 Å². The highest BCUT2D eigenvalue weighted by Gasteiger charge is 2.32. The van der Waals surface area contributed by atoms with E-state index in [1.165, 1.54) is 35.7 Å². The van der Waals surface area contributed by atoms with Gasteiger partial charge in [-0.15, -0.1) is 0 Å². The summed E-state index contributed by atoms with van der Waals surface area (Å²) in [5.74, 6) is -0.196. The smallest absolute Gasteiger partial charge is 0.417 e. The Labute approximate surface area is 172 Å². The summed E-state index contributed by atoms with van der Waals surface area (Å²) >= 11 is 0. The summed E-state index contributed by atoms with van der Waals surface area (Å²) in [5.41, 5.74) is -0.157. The van der Waals surface area contributed by atoms with Gasteiger partial charge in [0.1, 0.15) is 5.82 Å². The predicted molar refractivity (Wildman–Crippen MR) is 103 cm³/mol. The van der Waals surface area contributed by atoms with Crippen LogP contribution in [0.25, 0.3) is 0 Å². The van der Waals surface area contributed by atoms with Crippen LogP contribution in [-0.4, -0.2) is 57.0 Å². The van der Waals surface area contributed by atoms with E-state index in [-0.39, 0.29) is 36.6 Å². The van der Waals surface area contributed by atoms with E-state index < -0.39 is 27.7 Å². The summed E-state index contributed by atoms with van der Waals surface area (Å²) in [4.78, 5) is 17.3. The molecule has 3 rings (SSSR count). The number of nitrogens with zero attached hydrogens (tertiary/aromatic N) is 3. The van der Waals surface area contributed by atoms with Gasteiger partial charge in [-0.2, -0.15) is 17.5 Å². The predicted octanol–water partition coefficient (Wildman–Crippen LogP) is 2.71. The fourth-order valence-electron chi connectivity index (χ4n) is 3.22. The number of alkyl halides is 3. The Morgan fingerprint density at radius 3 is 2.27 bits per heavy atom. The van der Waals surface area contributed by atoms with Gasteiger partial charge in [0.05, 0.1) is 23.1 Å². The third kappa shape index (κ3) is 4.41. The number of halogens is 3. The van der Waals surface area contributed by atoms with Gasteiger partial charge in [-0.05, 0) is 42.8 Å². The van der Waals surface area contributed by atoms with Crippen molar-refractivity contribution in [2.45, 2.75) is 18.0 Å². The van der Waals surface area contributed by atoms with Crippen LogP contribution in [0.3, 0.4) is 0 Å². The van der Waals surface area contributed by atoms with E-state index in [1.54, 1.807) is 11.8 Å². The molecule has 11 heteroatoms. The van der Waals surface area contributed by atoms with E-state index in [9.17, 15) is 26.4 Å². The van der Waals surface area contributed by atoms with Crippen molar-refractivity contribution in [1.82, 2.24) is 9.29 Å². The Bertz CT molecular complexity index is 1030. The van der Waals surface area contributed by atoms with Crippen LogP contribution in [0.15, 0.2) is 41.4 Å². The summed E-state index contributed by atoms with van der Waals surface area (Å²) in [6.07, 6.45) is -3.69. The van der Waals surface area contributed by atoms with Crippen molar-refractivity contribution in [3.05, 3.63) is 53.2 Å². The zero-order valence-electron chi connectivity index (χ0n) is 16.3. The molecule has 1 aromatic carbocycles. The molecule has 2 aromatic rings. The second-order valence-corrected chi connectivity index (χ2v) is 8.67. The molecule has 0 bridgehead atoms. The van der Waals surface area contributed by atoms with Crippen LogP contribution in [0.2, 0.25) is 0 Å². The van der Waals surface area contributed by atoms with Gasteiger partial charge in [-0.25, -0.2) is 18.2 Å². The lowest BCUT2D eigenvalue weighted by Crippen LogP contribution is -2.49. The number of pyridine rings is 1. The molecule has 0 amide bonds. The first-order valence-corrected chi connectivity index (χ1v) is 10.5. The Kier molecular flexibility index (Phi) is 6.04. The number of sulfonamides is 1. The highest BCUT2D eigenvalue weighted by molar-refractivity contribution is 7.89. The normalized spacial score (nSPS) is 15.8. The molecule has 0 N–H and O–H groups in total.